The maximum absolute atomic E-state index is 12.3. The second kappa shape index (κ2) is 6.44. The molecule has 0 spiro atoms. The molecule has 2 rings (SSSR count). The number of anilines is 1. The van der Waals surface area contributed by atoms with Crippen LogP contribution in [0.25, 0.3) is 0 Å². The molecule has 0 aliphatic heterocycles. The Morgan fingerprint density at radius 1 is 1.45 bits per heavy atom. The number of carbonyl (C=O) groups excluding carboxylic acids is 1. The van der Waals surface area contributed by atoms with Gasteiger partial charge in [-0.25, -0.2) is 4.98 Å². The van der Waals surface area contributed by atoms with Crippen molar-refractivity contribution in [3.05, 3.63) is 22.8 Å². The van der Waals surface area contributed by atoms with Gasteiger partial charge < -0.3 is 10.6 Å². The summed E-state index contributed by atoms with van der Waals surface area (Å²) in [5, 5.41) is 6.39. The standard InChI is InChI=1S/C15H22ClN3O/c1-4-10-5-7-12(9(10)2)18-15(20)14-11(16)6-8-13(17-3)19-14/h6,8-10,12H,4-5,7H2,1-3H3,(H,17,19)(H,18,20). The number of nitrogens with zero attached hydrogens (tertiary/aromatic N) is 1. The van der Waals surface area contributed by atoms with Gasteiger partial charge in [0.2, 0.25) is 0 Å². The van der Waals surface area contributed by atoms with Crippen molar-refractivity contribution in [3.63, 3.8) is 0 Å². The lowest BCUT2D eigenvalue weighted by atomic mass is 9.93. The van der Waals surface area contributed by atoms with Gasteiger partial charge in [0.15, 0.2) is 0 Å². The zero-order valence-corrected chi connectivity index (χ0v) is 13.0. The third-order valence-electron chi connectivity index (χ3n) is 4.38. The Kier molecular flexibility index (Phi) is 4.86. The molecule has 20 heavy (non-hydrogen) atoms. The molecule has 1 aliphatic rings. The van der Waals surface area contributed by atoms with Crippen molar-refractivity contribution in [3.8, 4) is 0 Å². The van der Waals surface area contributed by atoms with E-state index in [9.17, 15) is 4.79 Å². The molecule has 3 unspecified atom stereocenters. The first kappa shape index (κ1) is 15.1. The van der Waals surface area contributed by atoms with Gasteiger partial charge in [-0.1, -0.05) is 31.9 Å². The van der Waals surface area contributed by atoms with Gasteiger partial charge in [-0.2, -0.15) is 0 Å². The van der Waals surface area contributed by atoms with Crippen LogP contribution in [-0.4, -0.2) is 24.0 Å². The highest BCUT2D eigenvalue weighted by Crippen LogP contribution is 2.34. The van der Waals surface area contributed by atoms with Gasteiger partial charge in [-0.15, -0.1) is 0 Å². The highest BCUT2D eigenvalue weighted by Gasteiger charge is 2.33. The second-order valence-corrected chi connectivity index (χ2v) is 5.87. The predicted molar refractivity (Wildman–Crippen MR) is 82.2 cm³/mol. The van der Waals surface area contributed by atoms with Gasteiger partial charge in [0.05, 0.1) is 5.02 Å². The third-order valence-corrected chi connectivity index (χ3v) is 4.69. The van der Waals surface area contributed by atoms with Crippen molar-refractivity contribution in [2.24, 2.45) is 11.8 Å². The van der Waals surface area contributed by atoms with Gasteiger partial charge >= 0.3 is 0 Å². The van der Waals surface area contributed by atoms with Gasteiger partial charge in [-0.3, -0.25) is 4.79 Å². The van der Waals surface area contributed by atoms with Gasteiger partial charge in [-0.05, 0) is 36.8 Å². The average molecular weight is 296 g/mol. The molecule has 0 aromatic carbocycles. The first-order chi connectivity index (χ1) is 9.56. The SMILES string of the molecule is CCC1CCC(NC(=O)c2nc(NC)ccc2Cl)C1C. The zero-order valence-electron chi connectivity index (χ0n) is 12.2. The van der Waals surface area contributed by atoms with Crippen LogP contribution in [0.2, 0.25) is 5.02 Å². The molecule has 1 aromatic heterocycles. The van der Waals surface area contributed by atoms with Crippen LogP contribution in [0, 0.1) is 11.8 Å². The Morgan fingerprint density at radius 3 is 2.80 bits per heavy atom. The molecule has 5 heteroatoms. The lowest BCUT2D eigenvalue weighted by Crippen LogP contribution is -2.38. The van der Waals surface area contributed by atoms with Gasteiger partial charge in [0.1, 0.15) is 11.5 Å². The quantitative estimate of drug-likeness (QED) is 0.896. The number of pyridine rings is 1. The van der Waals surface area contributed by atoms with Gasteiger partial charge in [0, 0.05) is 13.1 Å². The second-order valence-electron chi connectivity index (χ2n) is 5.46. The molecular formula is C15H22ClN3O. The number of halogens is 1. The molecule has 1 aromatic rings. The van der Waals surface area contributed by atoms with Crippen molar-refractivity contribution < 1.29 is 4.79 Å². The van der Waals surface area contributed by atoms with Crippen LogP contribution in [0.3, 0.4) is 0 Å². The molecule has 0 saturated heterocycles. The number of amides is 1. The summed E-state index contributed by atoms with van der Waals surface area (Å²) in [5.41, 5.74) is 0.297. The molecule has 1 amide bonds. The molecule has 0 bridgehead atoms. The van der Waals surface area contributed by atoms with Crippen molar-refractivity contribution in [2.75, 3.05) is 12.4 Å². The monoisotopic (exact) mass is 295 g/mol. The lowest BCUT2D eigenvalue weighted by Gasteiger charge is -2.21. The van der Waals surface area contributed by atoms with Crippen molar-refractivity contribution in [2.45, 2.75) is 39.2 Å². The normalized spacial score (nSPS) is 25.5. The number of nitrogens with one attached hydrogen (secondary N) is 2. The van der Waals surface area contributed by atoms with Gasteiger partial charge in [0.25, 0.3) is 5.91 Å². The Labute approximate surface area is 125 Å². The lowest BCUT2D eigenvalue weighted by molar-refractivity contribution is 0.0922. The smallest absolute Gasteiger partial charge is 0.271 e. The Bertz CT molecular complexity index is 492. The largest absolute Gasteiger partial charge is 0.373 e. The van der Waals surface area contributed by atoms with Crippen LogP contribution in [-0.2, 0) is 0 Å². The highest BCUT2D eigenvalue weighted by molar-refractivity contribution is 6.33. The number of hydrogen-bond acceptors (Lipinski definition) is 3. The van der Waals surface area contributed by atoms with Crippen LogP contribution in [0.1, 0.15) is 43.6 Å². The molecule has 1 heterocycles. The minimum absolute atomic E-state index is 0.180. The molecule has 0 radical (unpaired) electrons. The van der Waals surface area contributed by atoms with E-state index in [1.165, 1.54) is 12.8 Å². The summed E-state index contributed by atoms with van der Waals surface area (Å²) in [6.07, 6.45) is 3.39. The number of carbonyl (C=O) groups is 1. The molecule has 110 valence electrons. The third kappa shape index (κ3) is 3.06. The topological polar surface area (TPSA) is 54.0 Å². The summed E-state index contributed by atoms with van der Waals surface area (Å²) in [7, 11) is 1.77. The van der Waals surface area contributed by atoms with Crippen LogP contribution in [0.15, 0.2) is 12.1 Å². The van der Waals surface area contributed by atoms with E-state index in [1.54, 1.807) is 19.2 Å². The number of rotatable bonds is 4. The van der Waals surface area contributed by atoms with Crippen LogP contribution in [0.5, 0.6) is 0 Å². The van der Waals surface area contributed by atoms with Crippen molar-refractivity contribution >= 4 is 23.3 Å². The minimum atomic E-state index is -0.180. The molecular weight excluding hydrogens is 274 g/mol. The van der Waals surface area contributed by atoms with E-state index in [0.29, 0.717) is 28.4 Å². The van der Waals surface area contributed by atoms with Crippen LogP contribution in [0.4, 0.5) is 5.82 Å². The minimum Gasteiger partial charge on any atom is -0.373 e. The molecule has 2 N–H and O–H groups in total. The van der Waals surface area contributed by atoms with E-state index >= 15 is 0 Å². The maximum atomic E-state index is 12.3. The molecule has 1 saturated carbocycles. The Morgan fingerprint density at radius 2 is 2.20 bits per heavy atom. The molecule has 1 fully saturated rings. The van der Waals surface area contributed by atoms with E-state index in [-0.39, 0.29) is 11.9 Å². The number of aromatic nitrogens is 1. The van der Waals surface area contributed by atoms with Crippen molar-refractivity contribution in [1.29, 1.82) is 0 Å². The van der Waals surface area contributed by atoms with E-state index in [0.717, 1.165) is 6.42 Å². The molecule has 4 nitrogen and oxygen atoms in total. The summed E-state index contributed by atoms with van der Waals surface area (Å²) < 4.78 is 0. The summed E-state index contributed by atoms with van der Waals surface area (Å²) in [5.74, 6) is 1.67. The zero-order chi connectivity index (χ0) is 14.7. The highest BCUT2D eigenvalue weighted by atomic mass is 35.5. The average Bonchev–Trinajstić information content (AvgIpc) is 2.80. The fourth-order valence-corrected chi connectivity index (χ4v) is 3.20. The van der Waals surface area contributed by atoms with E-state index < -0.39 is 0 Å². The molecule has 1 aliphatic carbocycles. The summed E-state index contributed by atoms with van der Waals surface area (Å²) >= 11 is 6.07. The first-order valence-electron chi connectivity index (χ1n) is 7.22. The van der Waals surface area contributed by atoms with E-state index in [1.807, 2.05) is 0 Å². The number of hydrogen-bond donors (Lipinski definition) is 2. The van der Waals surface area contributed by atoms with Crippen LogP contribution >= 0.6 is 11.6 Å². The summed E-state index contributed by atoms with van der Waals surface area (Å²) in [4.78, 5) is 16.6. The van der Waals surface area contributed by atoms with E-state index in [2.05, 4.69) is 29.5 Å². The fraction of sp³-hybridized carbons (Fsp3) is 0.600. The Hall–Kier alpha value is -1.29. The molecule has 3 atom stereocenters. The predicted octanol–water partition coefficient (Wildman–Crippen LogP) is 3.33. The summed E-state index contributed by atoms with van der Waals surface area (Å²) in [6.45, 7) is 4.42. The fourth-order valence-electron chi connectivity index (χ4n) is 3.00. The van der Waals surface area contributed by atoms with Crippen molar-refractivity contribution in [1.82, 2.24) is 10.3 Å². The van der Waals surface area contributed by atoms with E-state index in [4.69, 9.17) is 11.6 Å². The summed E-state index contributed by atoms with van der Waals surface area (Å²) in [6, 6.07) is 3.68. The van der Waals surface area contributed by atoms with Crippen LogP contribution < -0.4 is 10.6 Å². The maximum Gasteiger partial charge on any atom is 0.271 e. The first-order valence-corrected chi connectivity index (χ1v) is 7.59. The Balaban J connectivity index is 2.09.